The van der Waals surface area contributed by atoms with Crippen LogP contribution < -0.4 is 5.32 Å². The zero-order valence-corrected chi connectivity index (χ0v) is 10.5. The van der Waals surface area contributed by atoms with Crippen molar-refractivity contribution in [1.29, 1.82) is 0 Å². The van der Waals surface area contributed by atoms with Gasteiger partial charge < -0.3 is 10.4 Å². The Hall–Kier alpha value is -1.54. The molecule has 1 aliphatic carbocycles. The predicted molar refractivity (Wildman–Crippen MR) is 75.9 cm³/mol. The molecule has 1 aliphatic rings. The molecule has 94 valence electrons. The summed E-state index contributed by atoms with van der Waals surface area (Å²) >= 11 is 0. The second-order valence-corrected chi connectivity index (χ2v) is 5.35. The van der Waals surface area contributed by atoms with Gasteiger partial charge in [-0.1, -0.05) is 43.2 Å². The first-order valence-corrected chi connectivity index (χ1v) is 6.70. The van der Waals surface area contributed by atoms with Crippen LogP contribution in [0.25, 0.3) is 10.8 Å². The van der Waals surface area contributed by atoms with Crippen LogP contribution in [0.2, 0.25) is 0 Å². The summed E-state index contributed by atoms with van der Waals surface area (Å²) in [6.07, 6.45) is 4.15. The lowest BCUT2D eigenvalue weighted by molar-refractivity contribution is 0.0615. The van der Waals surface area contributed by atoms with Crippen LogP contribution >= 0.6 is 0 Å². The molecule has 1 saturated carbocycles. The average molecular weight is 241 g/mol. The minimum Gasteiger partial charge on any atom is -0.388 e. The molecule has 0 amide bonds. The number of hydrogen-bond acceptors (Lipinski definition) is 2. The minimum absolute atomic E-state index is 0.494. The fourth-order valence-corrected chi connectivity index (χ4v) is 2.78. The highest BCUT2D eigenvalue weighted by atomic mass is 16.3. The van der Waals surface area contributed by atoms with Gasteiger partial charge in [0.25, 0.3) is 0 Å². The molecule has 0 saturated heterocycles. The number of benzene rings is 2. The quantitative estimate of drug-likeness (QED) is 0.861. The standard InChI is InChI=1S/C16H19NO/c18-16(9-3-4-10-16)12-17-15-8-7-13-5-1-2-6-14(13)11-15/h1-2,5-8,11,17-18H,3-4,9-10,12H2. The number of nitrogens with one attached hydrogen (secondary N) is 1. The van der Waals surface area contributed by atoms with Crippen LogP contribution in [-0.2, 0) is 0 Å². The van der Waals surface area contributed by atoms with E-state index in [1.54, 1.807) is 0 Å². The Morgan fingerprint density at radius 2 is 1.72 bits per heavy atom. The summed E-state index contributed by atoms with van der Waals surface area (Å²) in [5, 5.41) is 16.2. The summed E-state index contributed by atoms with van der Waals surface area (Å²) in [6, 6.07) is 14.7. The third-order valence-electron chi connectivity index (χ3n) is 3.91. The second-order valence-electron chi connectivity index (χ2n) is 5.35. The third kappa shape index (κ3) is 2.34. The lowest BCUT2D eigenvalue weighted by Gasteiger charge is -2.23. The summed E-state index contributed by atoms with van der Waals surface area (Å²) in [6.45, 7) is 0.658. The van der Waals surface area contributed by atoms with Gasteiger partial charge in [0.05, 0.1) is 5.60 Å². The van der Waals surface area contributed by atoms with Crippen molar-refractivity contribution in [3.8, 4) is 0 Å². The Kier molecular flexibility index (Phi) is 2.96. The summed E-state index contributed by atoms with van der Waals surface area (Å²) in [4.78, 5) is 0. The molecular formula is C16H19NO. The van der Waals surface area contributed by atoms with Gasteiger partial charge in [0.2, 0.25) is 0 Å². The third-order valence-corrected chi connectivity index (χ3v) is 3.91. The van der Waals surface area contributed by atoms with Crippen LogP contribution in [0.5, 0.6) is 0 Å². The molecule has 0 radical (unpaired) electrons. The monoisotopic (exact) mass is 241 g/mol. The highest BCUT2D eigenvalue weighted by Crippen LogP contribution is 2.30. The van der Waals surface area contributed by atoms with E-state index in [1.807, 2.05) is 0 Å². The molecule has 0 aromatic heterocycles. The Morgan fingerprint density at radius 3 is 2.50 bits per heavy atom. The molecule has 2 aromatic rings. The number of aliphatic hydroxyl groups is 1. The van der Waals surface area contributed by atoms with Gasteiger partial charge in [-0.3, -0.25) is 0 Å². The van der Waals surface area contributed by atoms with Crippen LogP contribution in [-0.4, -0.2) is 17.3 Å². The maximum atomic E-state index is 10.3. The van der Waals surface area contributed by atoms with Gasteiger partial charge in [-0.2, -0.15) is 0 Å². The van der Waals surface area contributed by atoms with Crippen molar-refractivity contribution in [2.45, 2.75) is 31.3 Å². The van der Waals surface area contributed by atoms with E-state index in [1.165, 1.54) is 10.8 Å². The molecule has 1 fully saturated rings. The fourth-order valence-electron chi connectivity index (χ4n) is 2.78. The Bertz CT molecular complexity index is 544. The van der Waals surface area contributed by atoms with Gasteiger partial charge in [0.15, 0.2) is 0 Å². The van der Waals surface area contributed by atoms with E-state index in [-0.39, 0.29) is 0 Å². The van der Waals surface area contributed by atoms with Crippen molar-refractivity contribution < 1.29 is 5.11 Å². The largest absolute Gasteiger partial charge is 0.388 e. The first-order chi connectivity index (χ1) is 8.75. The number of fused-ring (bicyclic) bond motifs is 1. The van der Waals surface area contributed by atoms with Crippen molar-refractivity contribution >= 4 is 16.5 Å². The van der Waals surface area contributed by atoms with Crippen molar-refractivity contribution in [3.05, 3.63) is 42.5 Å². The summed E-state index contributed by atoms with van der Waals surface area (Å²) in [7, 11) is 0. The Morgan fingerprint density at radius 1 is 1.00 bits per heavy atom. The molecule has 0 heterocycles. The molecule has 2 N–H and O–H groups in total. The first kappa shape index (κ1) is 11.5. The molecule has 18 heavy (non-hydrogen) atoms. The summed E-state index contributed by atoms with van der Waals surface area (Å²) < 4.78 is 0. The second kappa shape index (κ2) is 4.62. The lowest BCUT2D eigenvalue weighted by Crippen LogP contribution is -2.33. The Labute approximate surface area is 108 Å². The molecule has 0 aliphatic heterocycles. The molecule has 0 spiro atoms. The maximum absolute atomic E-state index is 10.3. The van der Waals surface area contributed by atoms with Crippen molar-refractivity contribution in [3.63, 3.8) is 0 Å². The SMILES string of the molecule is OC1(CNc2ccc3ccccc3c2)CCCC1. The highest BCUT2D eigenvalue weighted by molar-refractivity contribution is 5.85. The van der Waals surface area contributed by atoms with E-state index in [9.17, 15) is 5.11 Å². The zero-order chi connectivity index (χ0) is 12.4. The predicted octanol–water partition coefficient (Wildman–Crippen LogP) is 3.56. The van der Waals surface area contributed by atoms with Gasteiger partial charge in [-0.05, 0) is 35.7 Å². The van der Waals surface area contributed by atoms with E-state index in [0.717, 1.165) is 31.4 Å². The van der Waals surface area contributed by atoms with Crippen LogP contribution in [0.3, 0.4) is 0 Å². The van der Waals surface area contributed by atoms with Gasteiger partial charge in [0.1, 0.15) is 0 Å². The van der Waals surface area contributed by atoms with Crippen LogP contribution in [0.15, 0.2) is 42.5 Å². The van der Waals surface area contributed by atoms with Crippen molar-refractivity contribution in [2.24, 2.45) is 0 Å². The van der Waals surface area contributed by atoms with Gasteiger partial charge in [0, 0.05) is 12.2 Å². The normalized spacial score (nSPS) is 18.1. The van der Waals surface area contributed by atoms with Gasteiger partial charge >= 0.3 is 0 Å². The van der Waals surface area contributed by atoms with Crippen molar-refractivity contribution in [2.75, 3.05) is 11.9 Å². The number of hydrogen-bond donors (Lipinski definition) is 2. The number of anilines is 1. The molecule has 2 heteroatoms. The summed E-state index contributed by atoms with van der Waals surface area (Å²) in [5.41, 5.74) is 0.597. The lowest BCUT2D eigenvalue weighted by atomic mass is 10.0. The molecule has 2 nitrogen and oxygen atoms in total. The van der Waals surface area contributed by atoms with Crippen LogP contribution in [0, 0.1) is 0 Å². The van der Waals surface area contributed by atoms with Crippen LogP contribution in [0.4, 0.5) is 5.69 Å². The minimum atomic E-state index is -0.494. The van der Waals surface area contributed by atoms with Gasteiger partial charge in [-0.15, -0.1) is 0 Å². The highest BCUT2D eigenvalue weighted by Gasteiger charge is 2.30. The van der Waals surface area contributed by atoms with E-state index < -0.39 is 5.60 Å². The molecule has 0 bridgehead atoms. The molecule has 2 aromatic carbocycles. The summed E-state index contributed by atoms with van der Waals surface area (Å²) in [5.74, 6) is 0. The van der Waals surface area contributed by atoms with E-state index in [4.69, 9.17) is 0 Å². The molecular weight excluding hydrogens is 222 g/mol. The van der Waals surface area contributed by atoms with Crippen LogP contribution in [0.1, 0.15) is 25.7 Å². The van der Waals surface area contributed by atoms with E-state index >= 15 is 0 Å². The first-order valence-electron chi connectivity index (χ1n) is 6.70. The van der Waals surface area contributed by atoms with E-state index in [2.05, 4.69) is 47.8 Å². The molecule has 0 unspecified atom stereocenters. The Balaban J connectivity index is 1.74. The van der Waals surface area contributed by atoms with Crippen molar-refractivity contribution in [1.82, 2.24) is 0 Å². The van der Waals surface area contributed by atoms with E-state index in [0.29, 0.717) is 6.54 Å². The maximum Gasteiger partial charge on any atom is 0.0819 e. The van der Waals surface area contributed by atoms with Gasteiger partial charge in [-0.25, -0.2) is 0 Å². The molecule has 0 atom stereocenters. The fraction of sp³-hybridized carbons (Fsp3) is 0.375. The average Bonchev–Trinajstić information content (AvgIpc) is 2.84. The zero-order valence-electron chi connectivity index (χ0n) is 10.5. The number of rotatable bonds is 3. The topological polar surface area (TPSA) is 32.3 Å². The smallest absolute Gasteiger partial charge is 0.0819 e. The molecule has 3 rings (SSSR count).